The first-order chi connectivity index (χ1) is 23.5. The first kappa shape index (κ1) is 37.5. The number of aromatic nitrogens is 2. The van der Waals surface area contributed by atoms with Gasteiger partial charge in [-0.25, -0.2) is 27.8 Å². The number of nitrogens with one attached hydrogen (secondary N) is 2. The van der Waals surface area contributed by atoms with Gasteiger partial charge in [-0.15, -0.1) is 0 Å². The van der Waals surface area contributed by atoms with Crippen LogP contribution in [-0.2, 0) is 29.6 Å². The van der Waals surface area contributed by atoms with Crippen LogP contribution in [0.2, 0.25) is 0 Å². The highest BCUT2D eigenvalue weighted by atomic mass is 32.2. The lowest BCUT2D eigenvalue weighted by molar-refractivity contribution is -0.134. The van der Waals surface area contributed by atoms with E-state index in [1.807, 2.05) is 18.2 Å². The number of nitrogens with zero attached hydrogens (tertiary/aromatic N) is 4. The van der Waals surface area contributed by atoms with Gasteiger partial charge in [0.1, 0.15) is 21.9 Å². The molecule has 2 aliphatic rings. The van der Waals surface area contributed by atoms with E-state index in [0.717, 1.165) is 15.0 Å². The number of amides is 2. The molecule has 0 unspecified atom stereocenters. The minimum absolute atomic E-state index is 0.0160. The molecule has 2 aliphatic heterocycles. The number of carbonyl (C=O) groups excluding carboxylic acids is 2. The van der Waals surface area contributed by atoms with Gasteiger partial charge >= 0.3 is 0 Å². The molecule has 2 atom stereocenters. The van der Waals surface area contributed by atoms with E-state index < -0.39 is 43.9 Å². The number of hydroxylamine groups is 2. The summed E-state index contributed by atoms with van der Waals surface area (Å²) >= 11 is 0. The third kappa shape index (κ3) is 8.63. The molecule has 6 rings (SSSR count). The van der Waals surface area contributed by atoms with Crippen molar-refractivity contribution in [3.05, 3.63) is 85.2 Å². The number of aliphatic hydroxyl groups is 1. The van der Waals surface area contributed by atoms with Crippen LogP contribution >= 0.6 is 0 Å². The largest absolute Gasteiger partial charge is 0.397 e. The number of para-hydroxylation sites is 2. The maximum atomic E-state index is 12.9. The average Bonchev–Trinajstić information content (AvgIpc) is 3.14. The number of pyridine rings is 2. The summed E-state index contributed by atoms with van der Waals surface area (Å²) in [6, 6.07) is 15.6. The Morgan fingerprint density at radius 3 is 1.80 bits per heavy atom. The molecule has 0 saturated carbocycles. The highest BCUT2D eigenvalue weighted by Crippen LogP contribution is 2.27. The minimum Gasteiger partial charge on any atom is -0.397 e. The van der Waals surface area contributed by atoms with Crippen molar-refractivity contribution in [2.24, 2.45) is 0 Å². The molecule has 17 heteroatoms. The fourth-order valence-electron chi connectivity index (χ4n) is 5.41. The van der Waals surface area contributed by atoms with Crippen LogP contribution < -0.4 is 11.0 Å². The van der Waals surface area contributed by atoms with E-state index in [2.05, 4.69) is 9.97 Å². The van der Waals surface area contributed by atoms with E-state index in [-0.39, 0.29) is 35.9 Å². The van der Waals surface area contributed by atoms with Crippen molar-refractivity contribution in [1.82, 2.24) is 29.5 Å². The molecular weight excluding hydrogens is 677 g/mol. The lowest BCUT2D eigenvalue weighted by Crippen LogP contribution is -2.51. The van der Waals surface area contributed by atoms with Crippen LogP contribution in [0.4, 0.5) is 0 Å². The Labute approximate surface area is 283 Å². The number of hydrogen-bond acceptors (Lipinski definition) is 11. The summed E-state index contributed by atoms with van der Waals surface area (Å²) in [5.74, 6) is -1.46. The first-order valence-corrected chi connectivity index (χ1v) is 18.2. The summed E-state index contributed by atoms with van der Waals surface area (Å²) in [4.78, 5) is 31.9. The zero-order valence-electron chi connectivity index (χ0n) is 26.6. The van der Waals surface area contributed by atoms with Crippen LogP contribution in [0.15, 0.2) is 95.0 Å². The monoisotopic (exact) mass is 714 g/mol. The molecule has 2 aromatic carbocycles. The molecule has 2 amide bonds. The Morgan fingerprint density at radius 1 is 0.776 bits per heavy atom. The Bertz CT molecular complexity index is 2030. The second-order valence-electron chi connectivity index (χ2n) is 10.9. The summed E-state index contributed by atoms with van der Waals surface area (Å²) < 4.78 is 53.7. The molecule has 4 heterocycles. The predicted molar refractivity (Wildman–Crippen MR) is 179 cm³/mol. The number of sulfonamides is 2. The normalized spacial score (nSPS) is 18.4. The summed E-state index contributed by atoms with van der Waals surface area (Å²) in [5.41, 5.74) is 4.47. The molecule has 2 aromatic heterocycles. The van der Waals surface area contributed by atoms with Gasteiger partial charge in [-0.1, -0.05) is 55.0 Å². The number of piperidine rings is 1. The van der Waals surface area contributed by atoms with Gasteiger partial charge in [-0.2, -0.15) is 8.61 Å². The molecule has 15 nitrogen and oxygen atoms in total. The van der Waals surface area contributed by atoms with Gasteiger partial charge in [0.2, 0.25) is 20.0 Å². The van der Waals surface area contributed by atoms with E-state index in [9.17, 15) is 26.4 Å². The summed E-state index contributed by atoms with van der Waals surface area (Å²) in [6.45, 7) is 2.24. The number of hydrogen-bond donors (Lipinski definition) is 5. The lowest BCUT2D eigenvalue weighted by atomic mass is 10.0. The molecule has 1 saturated heterocycles. The van der Waals surface area contributed by atoms with Crippen LogP contribution in [0.5, 0.6) is 0 Å². The quantitative estimate of drug-likeness (QED) is 0.111. The highest BCUT2D eigenvalue weighted by molar-refractivity contribution is 7.89. The van der Waals surface area contributed by atoms with Crippen LogP contribution in [0.1, 0.15) is 32.6 Å². The van der Waals surface area contributed by atoms with Crippen LogP contribution in [-0.4, -0.2) is 94.5 Å². The lowest BCUT2D eigenvalue weighted by Gasteiger charge is -2.32. The van der Waals surface area contributed by atoms with Crippen molar-refractivity contribution in [1.29, 1.82) is 0 Å². The van der Waals surface area contributed by atoms with Crippen molar-refractivity contribution in [2.75, 3.05) is 19.7 Å². The van der Waals surface area contributed by atoms with Gasteiger partial charge < -0.3 is 5.11 Å². The van der Waals surface area contributed by atoms with E-state index in [1.54, 1.807) is 61.0 Å². The Balaban J connectivity index is 0.000000205. The zero-order chi connectivity index (χ0) is 35.6. The van der Waals surface area contributed by atoms with E-state index in [1.165, 1.54) is 23.9 Å². The van der Waals surface area contributed by atoms with Crippen molar-refractivity contribution < 1.29 is 41.9 Å². The number of rotatable bonds is 6. The Hall–Kier alpha value is -4.36. The van der Waals surface area contributed by atoms with E-state index >= 15 is 0 Å². The van der Waals surface area contributed by atoms with Crippen LogP contribution in [0, 0.1) is 0 Å². The Morgan fingerprint density at radius 2 is 1.27 bits per heavy atom. The summed E-state index contributed by atoms with van der Waals surface area (Å²) in [5, 5.41) is 26.7. The molecule has 0 aliphatic carbocycles. The highest BCUT2D eigenvalue weighted by Gasteiger charge is 2.38. The smallest absolute Gasteiger partial charge is 0.262 e. The van der Waals surface area contributed by atoms with Gasteiger partial charge in [0.15, 0.2) is 0 Å². The summed E-state index contributed by atoms with van der Waals surface area (Å²) in [6.07, 6.45) is 7.97. The van der Waals surface area contributed by atoms with Crippen molar-refractivity contribution in [3.63, 3.8) is 0 Å². The van der Waals surface area contributed by atoms with Gasteiger partial charge in [0.05, 0.1) is 11.0 Å². The third-order valence-corrected chi connectivity index (χ3v) is 11.5. The number of benzene rings is 2. The van der Waals surface area contributed by atoms with E-state index in [4.69, 9.17) is 15.5 Å². The standard InChI is InChI=1S/C15H17N3O4S.C15H15N3O4S.C2H6O/c2*19-15(17-20)14-7-3-4-8-18(14)23(21,22)12-9-11-5-1-2-6-13(11)16-10-12;1-2-3/h1-2,5-6,9-10,14,20H,3-4,7-8H2,(H,17,19);1-6,9-10,14,20H,7-8H2,(H,17,19);3H,2H2,1H3/t2*14-;/m11./s1. The van der Waals surface area contributed by atoms with E-state index in [0.29, 0.717) is 34.6 Å². The minimum atomic E-state index is -3.91. The second kappa shape index (κ2) is 16.8. The maximum absolute atomic E-state index is 12.9. The number of carbonyl (C=O) groups is 2. The van der Waals surface area contributed by atoms with Gasteiger partial charge in [0.25, 0.3) is 11.8 Å². The molecule has 49 heavy (non-hydrogen) atoms. The topological polar surface area (TPSA) is 219 Å². The van der Waals surface area contributed by atoms with Gasteiger partial charge in [-0.3, -0.25) is 30.0 Å². The molecule has 5 N–H and O–H groups in total. The SMILES string of the molecule is CCO.O=C(NO)[C@H]1CC=CCN1S(=O)(=O)c1cnc2ccccc2c1.O=C(NO)[C@H]1CCCCN1S(=O)(=O)c1cnc2ccccc2c1. The molecule has 0 bridgehead atoms. The van der Waals surface area contributed by atoms with Crippen molar-refractivity contribution in [2.45, 2.75) is 54.5 Å². The molecule has 262 valence electrons. The second-order valence-corrected chi connectivity index (χ2v) is 14.7. The number of aliphatic hydroxyl groups excluding tert-OH is 1. The fourth-order valence-corrected chi connectivity index (χ4v) is 8.58. The van der Waals surface area contributed by atoms with Crippen LogP contribution in [0.25, 0.3) is 21.8 Å². The van der Waals surface area contributed by atoms with Gasteiger partial charge in [-0.05, 0) is 50.5 Å². The molecule has 1 fully saturated rings. The van der Waals surface area contributed by atoms with Crippen molar-refractivity contribution in [3.8, 4) is 0 Å². The molecule has 4 aromatic rings. The summed E-state index contributed by atoms with van der Waals surface area (Å²) in [7, 11) is -7.77. The molecule has 0 radical (unpaired) electrons. The maximum Gasteiger partial charge on any atom is 0.262 e. The Kier molecular flexibility index (Phi) is 12.9. The van der Waals surface area contributed by atoms with Crippen LogP contribution in [0.3, 0.4) is 0 Å². The van der Waals surface area contributed by atoms with Crippen molar-refractivity contribution >= 4 is 53.7 Å². The average molecular weight is 715 g/mol. The van der Waals surface area contributed by atoms with Gasteiger partial charge in [0, 0.05) is 42.9 Å². The zero-order valence-corrected chi connectivity index (χ0v) is 28.2. The fraction of sp³-hybridized carbons (Fsp3) is 0.312. The molecule has 0 spiro atoms. The third-order valence-electron chi connectivity index (χ3n) is 7.78. The number of fused-ring (bicyclic) bond motifs is 2. The molecular formula is C32H38N6O9S2. The predicted octanol–water partition coefficient (Wildman–Crippen LogP) is 2.34. The first-order valence-electron chi connectivity index (χ1n) is 15.4.